The Balaban J connectivity index is 0.00000180. The molecule has 2 saturated carbocycles. The number of nitrogens with zero attached hydrogens (tertiary/aromatic N) is 1. The summed E-state index contributed by atoms with van der Waals surface area (Å²) in [6.45, 7) is 3.20. The summed E-state index contributed by atoms with van der Waals surface area (Å²) in [7, 11) is 0. The summed E-state index contributed by atoms with van der Waals surface area (Å²) in [5.41, 5.74) is 6.54. The van der Waals surface area contributed by atoms with Crippen LogP contribution in [0.2, 0.25) is 0 Å². The standard InChI is InChI=1S/C15H29N3.HI/c1-2-9-15(10-11-15)12-17-14(16)18-13-7-5-3-4-6-8-13;/h13H,2-12H2,1H3,(H3,16,17,18);1H. The zero-order valence-electron chi connectivity index (χ0n) is 12.3. The summed E-state index contributed by atoms with van der Waals surface area (Å²) in [6.07, 6.45) is 13.2. The predicted molar refractivity (Wildman–Crippen MR) is 93.1 cm³/mol. The molecule has 3 nitrogen and oxygen atoms in total. The molecule has 0 aromatic heterocycles. The summed E-state index contributed by atoms with van der Waals surface area (Å²) in [6, 6.07) is 0.567. The molecule has 0 aromatic rings. The first kappa shape index (κ1) is 17.1. The SMILES string of the molecule is CCCC1(CN=C(N)NC2CCCCCC2)CC1.I. The van der Waals surface area contributed by atoms with Crippen LogP contribution in [0.4, 0.5) is 0 Å². The number of aliphatic imine (C=N–C) groups is 1. The minimum absolute atomic E-state index is 0. The third kappa shape index (κ3) is 5.88. The van der Waals surface area contributed by atoms with Crippen LogP contribution in [0.3, 0.4) is 0 Å². The van der Waals surface area contributed by atoms with Crippen molar-refractivity contribution in [3.63, 3.8) is 0 Å². The summed E-state index contributed by atoms with van der Waals surface area (Å²) in [5, 5.41) is 3.43. The van der Waals surface area contributed by atoms with Gasteiger partial charge in [-0.15, -0.1) is 24.0 Å². The molecule has 4 heteroatoms. The quantitative estimate of drug-likeness (QED) is 0.330. The Kier molecular flexibility index (Phi) is 7.47. The van der Waals surface area contributed by atoms with E-state index in [2.05, 4.69) is 17.2 Å². The van der Waals surface area contributed by atoms with Crippen molar-refractivity contribution in [2.45, 2.75) is 77.2 Å². The van der Waals surface area contributed by atoms with Crippen LogP contribution in [0, 0.1) is 5.41 Å². The van der Waals surface area contributed by atoms with Gasteiger partial charge in [-0.3, -0.25) is 4.99 Å². The number of nitrogens with one attached hydrogen (secondary N) is 1. The predicted octanol–water partition coefficient (Wildman–Crippen LogP) is 3.81. The molecule has 2 rings (SSSR count). The summed E-state index contributed by atoms with van der Waals surface area (Å²) >= 11 is 0. The molecule has 0 aliphatic heterocycles. The molecule has 19 heavy (non-hydrogen) atoms. The molecule has 0 bridgehead atoms. The smallest absolute Gasteiger partial charge is 0.188 e. The van der Waals surface area contributed by atoms with Crippen LogP contribution in [0.5, 0.6) is 0 Å². The minimum Gasteiger partial charge on any atom is -0.370 e. The first-order chi connectivity index (χ1) is 8.74. The highest BCUT2D eigenvalue weighted by Crippen LogP contribution is 2.49. The number of hydrogen-bond acceptors (Lipinski definition) is 1. The van der Waals surface area contributed by atoms with Gasteiger partial charge in [0.05, 0.1) is 0 Å². The van der Waals surface area contributed by atoms with Crippen LogP contribution >= 0.6 is 24.0 Å². The molecule has 2 fully saturated rings. The molecule has 0 heterocycles. The summed E-state index contributed by atoms with van der Waals surface area (Å²) < 4.78 is 0. The lowest BCUT2D eigenvalue weighted by molar-refractivity contribution is 0.469. The van der Waals surface area contributed by atoms with Crippen molar-refractivity contribution < 1.29 is 0 Å². The molecule has 0 amide bonds. The third-order valence-electron chi connectivity index (χ3n) is 4.53. The summed E-state index contributed by atoms with van der Waals surface area (Å²) in [4.78, 5) is 4.58. The lowest BCUT2D eigenvalue weighted by atomic mass is 10.0. The van der Waals surface area contributed by atoms with Crippen LogP contribution in [0.25, 0.3) is 0 Å². The van der Waals surface area contributed by atoms with Gasteiger partial charge in [0.2, 0.25) is 0 Å². The van der Waals surface area contributed by atoms with Gasteiger partial charge in [-0.05, 0) is 37.5 Å². The van der Waals surface area contributed by atoms with Crippen molar-refractivity contribution >= 4 is 29.9 Å². The zero-order chi connectivity index (χ0) is 12.8. The Morgan fingerprint density at radius 1 is 1.21 bits per heavy atom. The maximum absolute atomic E-state index is 6.03. The van der Waals surface area contributed by atoms with Gasteiger partial charge in [0.15, 0.2) is 5.96 Å². The largest absolute Gasteiger partial charge is 0.370 e. The van der Waals surface area contributed by atoms with Gasteiger partial charge in [0.1, 0.15) is 0 Å². The number of halogens is 1. The highest BCUT2D eigenvalue weighted by atomic mass is 127. The van der Waals surface area contributed by atoms with Crippen LogP contribution in [0.15, 0.2) is 4.99 Å². The third-order valence-corrected chi connectivity index (χ3v) is 4.53. The van der Waals surface area contributed by atoms with Gasteiger partial charge in [0, 0.05) is 12.6 Å². The molecule has 0 saturated heterocycles. The number of guanidine groups is 1. The Hall–Kier alpha value is 0. The van der Waals surface area contributed by atoms with Gasteiger partial charge in [0.25, 0.3) is 0 Å². The topological polar surface area (TPSA) is 50.4 Å². The summed E-state index contributed by atoms with van der Waals surface area (Å²) in [5.74, 6) is 0.685. The van der Waals surface area contributed by atoms with E-state index in [-0.39, 0.29) is 24.0 Å². The monoisotopic (exact) mass is 379 g/mol. The maximum Gasteiger partial charge on any atom is 0.188 e. The van der Waals surface area contributed by atoms with Crippen molar-refractivity contribution in [2.75, 3.05) is 6.54 Å². The average Bonchev–Trinajstić information content (AvgIpc) is 3.13. The zero-order valence-corrected chi connectivity index (χ0v) is 14.6. The fraction of sp³-hybridized carbons (Fsp3) is 0.933. The second-order valence-corrected chi connectivity index (χ2v) is 6.28. The van der Waals surface area contributed by atoms with E-state index < -0.39 is 0 Å². The lowest BCUT2D eigenvalue weighted by Crippen LogP contribution is -2.40. The van der Waals surface area contributed by atoms with Gasteiger partial charge >= 0.3 is 0 Å². The van der Waals surface area contributed by atoms with E-state index >= 15 is 0 Å². The molecule has 0 aromatic carbocycles. The van der Waals surface area contributed by atoms with Crippen molar-refractivity contribution in [3.8, 4) is 0 Å². The second kappa shape index (κ2) is 8.32. The molecule has 112 valence electrons. The Morgan fingerprint density at radius 3 is 2.37 bits per heavy atom. The first-order valence-electron chi connectivity index (χ1n) is 7.81. The van der Waals surface area contributed by atoms with E-state index in [4.69, 9.17) is 5.73 Å². The van der Waals surface area contributed by atoms with Crippen molar-refractivity contribution in [1.82, 2.24) is 5.32 Å². The van der Waals surface area contributed by atoms with E-state index in [1.54, 1.807) is 0 Å². The van der Waals surface area contributed by atoms with Gasteiger partial charge in [-0.2, -0.15) is 0 Å². The molecule has 0 spiro atoms. The van der Waals surface area contributed by atoms with Crippen LogP contribution in [-0.2, 0) is 0 Å². The number of rotatable bonds is 5. The van der Waals surface area contributed by atoms with E-state index in [0.717, 1.165) is 6.54 Å². The first-order valence-corrected chi connectivity index (χ1v) is 7.81. The van der Waals surface area contributed by atoms with E-state index in [1.807, 2.05) is 0 Å². The molecule has 0 radical (unpaired) electrons. The van der Waals surface area contributed by atoms with Crippen molar-refractivity contribution in [1.29, 1.82) is 0 Å². The van der Waals surface area contributed by atoms with E-state index in [1.165, 1.54) is 64.2 Å². The van der Waals surface area contributed by atoms with Gasteiger partial charge in [-0.1, -0.05) is 39.0 Å². The lowest BCUT2D eigenvalue weighted by Gasteiger charge is -2.17. The molecule has 2 aliphatic rings. The molecular formula is C15H30IN3. The highest BCUT2D eigenvalue weighted by Gasteiger charge is 2.41. The van der Waals surface area contributed by atoms with Crippen LogP contribution < -0.4 is 11.1 Å². The molecule has 0 unspecified atom stereocenters. The minimum atomic E-state index is 0. The van der Waals surface area contributed by atoms with Crippen molar-refractivity contribution in [3.05, 3.63) is 0 Å². The second-order valence-electron chi connectivity index (χ2n) is 6.28. The molecule has 3 N–H and O–H groups in total. The van der Waals surface area contributed by atoms with Crippen molar-refractivity contribution in [2.24, 2.45) is 16.1 Å². The maximum atomic E-state index is 6.03. The molecular weight excluding hydrogens is 349 g/mol. The van der Waals surface area contributed by atoms with E-state index in [0.29, 0.717) is 17.4 Å². The fourth-order valence-electron chi connectivity index (χ4n) is 3.13. The van der Waals surface area contributed by atoms with Gasteiger partial charge in [-0.25, -0.2) is 0 Å². The number of nitrogens with two attached hydrogens (primary N) is 1. The van der Waals surface area contributed by atoms with E-state index in [9.17, 15) is 0 Å². The highest BCUT2D eigenvalue weighted by molar-refractivity contribution is 14.0. The van der Waals surface area contributed by atoms with Gasteiger partial charge < -0.3 is 11.1 Å². The van der Waals surface area contributed by atoms with Crippen LogP contribution in [0.1, 0.15) is 71.1 Å². The molecule has 0 atom stereocenters. The average molecular weight is 379 g/mol. The normalized spacial score (nSPS) is 23.3. The fourth-order valence-corrected chi connectivity index (χ4v) is 3.13. The Bertz CT molecular complexity index is 279. The molecule has 2 aliphatic carbocycles. The number of hydrogen-bond donors (Lipinski definition) is 2. The van der Waals surface area contributed by atoms with Crippen LogP contribution in [-0.4, -0.2) is 18.5 Å². The Morgan fingerprint density at radius 2 is 1.84 bits per heavy atom. The Labute approximate surface area is 135 Å².